The van der Waals surface area contributed by atoms with E-state index in [1.165, 1.54) is 33.4 Å². The zero-order valence-electron chi connectivity index (χ0n) is 20.8. The van der Waals surface area contributed by atoms with E-state index in [9.17, 15) is 0 Å². The van der Waals surface area contributed by atoms with Gasteiger partial charge in [0.1, 0.15) is 0 Å². The molecule has 0 bridgehead atoms. The van der Waals surface area contributed by atoms with Gasteiger partial charge in [-0.2, -0.15) is 29.8 Å². The van der Waals surface area contributed by atoms with Gasteiger partial charge >= 0.3 is 38.5 Å². The fourth-order valence-corrected chi connectivity index (χ4v) is 3.37. The van der Waals surface area contributed by atoms with Crippen LogP contribution in [0.15, 0.2) is 48.6 Å². The Morgan fingerprint density at radius 3 is 1.91 bits per heavy atom. The predicted molar refractivity (Wildman–Crippen MR) is 130 cm³/mol. The number of rotatable bonds is 0. The zero-order valence-corrected chi connectivity index (χ0v) is 24.9. The first-order valence-electron chi connectivity index (χ1n) is 10.8. The van der Waals surface area contributed by atoms with Gasteiger partial charge in [-0.15, -0.1) is 17.5 Å². The van der Waals surface area contributed by atoms with Crippen molar-refractivity contribution >= 4 is 6.19 Å². The van der Waals surface area contributed by atoms with E-state index in [1.807, 2.05) is 12.2 Å². The fraction of sp³-hybridized carbons (Fsp3) is 0.429. The molecule has 2 aliphatic carbocycles. The molecule has 0 heterocycles. The number of benzene rings is 2. The van der Waals surface area contributed by atoms with E-state index in [1.54, 1.807) is 0 Å². The van der Waals surface area contributed by atoms with Gasteiger partial charge in [0.15, 0.2) is 0 Å². The molecule has 0 atom stereocenters. The minimum absolute atomic E-state index is 0. The normalized spacial score (nSPS) is 12.8. The minimum atomic E-state index is 0. The molecule has 0 amide bonds. The van der Waals surface area contributed by atoms with E-state index >= 15 is 0 Å². The summed E-state index contributed by atoms with van der Waals surface area (Å²) in [7, 11) is 0. The first-order valence-corrected chi connectivity index (χ1v) is 15.7. The van der Waals surface area contributed by atoms with Crippen LogP contribution < -0.4 is 24.8 Å². The molecule has 0 radical (unpaired) electrons. The van der Waals surface area contributed by atoms with Gasteiger partial charge in [-0.05, 0) is 28.4 Å². The summed E-state index contributed by atoms with van der Waals surface area (Å²) in [5.74, 6) is 0. The van der Waals surface area contributed by atoms with Crippen molar-refractivity contribution in [2.45, 2.75) is 78.3 Å². The standard InChI is InChI=1S/C21H25.C5H5.C2H6Si.2ClH.Ti/c1-20(2,3)16-7-9-18-14(12-16)11-15-13-17(21(4,5)6)8-10-19(15)18;1-2-4-5-3-1;1-3-2;;;/h7-10,12H,11H2,1-6H3;1-3H,4H2;1-2H3;2*1H;/q2*-1;;;;+2/p-2. The van der Waals surface area contributed by atoms with Crippen molar-refractivity contribution in [3.63, 3.8) is 0 Å². The average molecular weight is 519 g/mol. The number of fused-ring (bicyclic) bond motifs is 3. The smallest absolute Gasteiger partial charge is 0.109 e. The second-order valence-corrected chi connectivity index (χ2v) is 17.0. The Hall–Kier alpha value is -0.569. The van der Waals surface area contributed by atoms with Crippen molar-refractivity contribution in [3.05, 3.63) is 83.0 Å². The third-order valence-corrected chi connectivity index (χ3v) is 5.05. The summed E-state index contributed by atoms with van der Waals surface area (Å²) in [5.41, 5.74) is 8.70. The van der Waals surface area contributed by atoms with Gasteiger partial charge in [0.2, 0.25) is 0 Å². The van der Waals surface area contributed by atoms with Crippen molar-refractivity contribution in [2.24, 2.45) is 0 Å². The molecule has 0 saturated carbocycles. The Balaban J connectivity index is 0.000000739. The van der Waals surface area contributed by atoms with E-state index in [-0.39, 0.29) is 41.8 Å². The van der Waals surface area contributed by atoms with E-state index in [2.05, 4.69) is 122 Å². The molecule has 0 nitrogen and oxygen atoms in total. The van der Waals surface area contributed by atoms with Crippen molar-refractivity contribution in [1.82, 2.24) is 0 Å². The number of allylic oxidation sites excluding steroid dienone is 4. The van der Waals surface area contributed by atoms with Crippen LogP contribution in [-0.4, -0.2) is 6.19 Å². The monoisotopic (exact) mass is 518 g/mol. The third kappa shape index (κ3) is 9.35. The van der Waals surface area contributed by atoms with Crippen LogP contribution >= 0.6 is 0 Å². The Labute approximate surface area is 221 Å². The van der Waals surface area contributed by atoms with Crippen LogP contribution in [0.4, 0.5) is 0 Å². The SMILES string of the molecule is CC(C)(C)c1[c-]c2c(cc1)-c1ccc(C(C)(C)C)cc1C2.C[Si](C)=[Ti+2].[C-]1=CC=CC1.[Cl-].[Cl-]. The van der Waals surface area contributed by atoms with Crippen LogP contribution in [-0.2, 0) is 36.4 Å². The van der Waals surface area contributed by atoms with Crippen molar-refractivity contribution in [1.29, 1.82) is 0 Å². The molecule has 4 rings (SSSR count). The predicted octanol–water partition coefficient (Wildman–Crippen LogP) is 1.75. The van der Waals surface area contributed by atoms with Gasteiger partial charge in [-0.25, -0.2) is 12.2 Å². The van der Waals surface area contributed by atoms with E-state index in [0.29, 0.717) is 0 Å². The van der Waals surface area contributed by atoms with Crippen molar-refractivity contribution in [2.75, 3.05) is 0 Å². The molecule has 0 saturated heterocycles. The summed E-state index contributed by atoms with van der Waals surface area (Å²) in [4.78, 5) is 0. The van der Waals surface area contributed by atoms with Gasteiger partial charge in [0.05, 0.1) is 0 Å². The molecule has 2 aromatic rings. The largest absolute Gasteiger partial charge is 1.00 e. The minimum Gasteiger partial charge on any atom is -1.00 e. The fourth-order valence-electron chi connectivity index (χ4n) is 3.37. The summed E-state index contributed by atoms with van der Waals surface area (Å²) < 4.78 is 0. The van der Waals surface area contributed by atoms with Gasteiger partial charge in [-0.3, -0.25) is 6.08 Å². The Morgan fingerprint density at radius 2 is 1.47 bits per heavy atom. The third-order valence-electron chi connectivity index (χ3n) is 5.05. The summed E-state index contributed by atoms with van der Waals surface area (Å²) >= 11 is 2.27. The second-order valence-electron chi connectivity index (χ2n) is 10.3. The molecule has 0 aliphatic heterocycles. The molecule has 172 valence electrons. The van der Waals surface area contributed by atoms with Gasteiger partial charge in [0, 0.05) is 0 Å². The maximum atomic E-state index is 3.67. The van der Waals surface area contributed by atoms with E-state index in [4.69, 9.17) is 0 Å². The Morgan fingerprint density at radius 1 is 0.875 bits per heavy atom. The molecule has 32 heavy (non-hydrogen) atoms. The quantitative estimate of drug-likeness (QED) is 0.314. The second kappa shape index (κ2) is 13.4. The van der Waals surface area contributed by atoms with Crippen LogP contribution in [0.2, 0.25) is 13.1 Å². The molecular formula is C28H36Cl2SiTi-2. The van der Waals surface area contributed by atoms with Crippen LogP contribution in [0.25, 0.3) is 11.1 Å². The van der Waals surface area contributed by atoms with Crippen LogP contribution in [0.1, 0.15) is 70.2 Å². The van der Waals surface area contributed by atoms with Crippen molar-refractivity contribution in [3.8, 4) is 11.1 Å². The van der Waals surface area contributed by atoms with E-state index < -0.39 is 0 Å². The molecule has 2 aliphatic rings. The van der Waals surface area contributed by atoms with Crippen LogP contribution in [0.5, 0.6) is 0 Å². The zero-order chi connectivity index (χ0) is 22.5. The van der Waals surface area contributed by atoms with Crippen LogP contribution in [0, 0.1) is 12.1 Å². The molecule has 0 fully saturated rings. The summed E-state index contributed by atoms with van der Waals surface area (Å²) in [6.07, 6.45) is 11.1. The van der Waals surface area contributed by atoms with E-state index in [0.717, 1.165) is 12.8 Å². The molecule has 0 N–H and O–H groups in total. The number of halogens is 2. The maximum absolute atomic E-state index is 3.67. The topological polar surface area (TPSA) is 0 Å². The van der Waals surface area contributed by atoms with Crippen LogP contribution in [0.3, 0.4) is 0 Å². The van der Waals surface area contributed by atoms with Crippen molar-refractivity contribution < 1.29 is 44.0 Å². The number of hydrogen-bond donors (Lipinski definition) is 0. The molecular weight excluding hydrogens is 483 g/mol. The summed E-state index contributed by atoms with van der Waals surface area (Å²) in [6, 6.07) is 15.2. The molecule has 0 unspecified atom stereocenters. The Kier molecular flexibility index (Phi) is 13.1. The van der Waals surface area contributed by atoms with Gasteiger partial charge in [0.25, 0.3) is 0 Å². The number of hydrogen-bond acceptors (Lipinski definition) is 0. The molecule has 0 aromatic heterocycles. The molecule has 4 heteroatoms. The molecule has 2 aromatic carbocycles. The van der Waals surface area contributed by atoms with Gasteiger partial charge in [-0.1, -0.05) is 65.3 Å². The first-order chi connectivity index (χ1) is 13.9. The molecule has 0 spiro atoms. The average Bonchev–Trinajstić information content (AvgIpc) is 3.30. The summed E-state index contributed by atoms with van der Waals surface area (Å²) in [6.45, 7) is 18.1. The van der Waals surface area contributed by atoms with Gasteiger partial charge < -0.3 is 24.8 Å². The maximum Gasteiger partial charge on any atom is -0.109 e. The Bertz CT molecular complexity index is 885. The first kappa shape index (κ1) is 31.4. The summed E-state index contributed by atoms with van der Waals surface area (Å²) in [5, 5.41) is 0.